The first-order valence-electron chi connectivity index (χ1n) is 3.92. The Labute approximate surface area is 67.5 Å². The molecule has 0 radical (unpaired) electrons. The third-order valence-electron chi connectivity index (χ3n) is 1.75. The zero-order valence-corrected chi connectivity index (χ0v) is 7.04. The summed E-state index contributed by atoms with van der Waals surface area (Å²) >= 11 is 0. The molecule has 1 heterocycles. The van der Waals surface area contributed by atoms with E-state index in [2.05, 4.69) is 11.9 Å². The Bertz CT molecular complexity index is 216. The van der Waals surface area contributed by atoms with Gasteiger partial charge in [0.1, 0.15) is 0 Å². The van der Waals surface area contributed by atoms with Crippen molar-refractivity contribution in [1.82, 2.24) is 4.98 Å². The Hall–Kier alpha value is -0.890. The fourth-order valence-corrected chi connectivity index (χ4v) is 0.908. The van der Waals surface area contributed by atoms with Crippen molar-refractivity contribution < 1.29 is 0 Å². The third-order valence-corrected chi connectivity index (χ3v) is 1.75. The van der Waals surface area contributed by atoms with Gasteiger partial charge >= 0.3 is 0 Å². The highest BCUT2D eigenvalue weighted by Gasteiger charge is 2.02. The fourth-order valence-electron chi connectivity index (χ4n) is 0.908. The van der Waals surface area contributed by atoms with Gasteiger partial charge in [0.15, 0.2) is 0 Å². The fraction of sp³-hybridized carbons (Fsp3) is 0.444. The molecule has 0 saturated carbocycles. The molecule has 0 bridgehead atoms. The lowest BCUT2D eigenvalue weighted by Gasteiger charge is -2.06. The number of hydrogen-bond donors (Lipinski definition) is 1. The molecule has 0 spiro atoms. The first kappa shape index (κ1) is 8.21. The summed E-state index contributed by atoms with van der Waals surface area (Å²) in [5.41, 5.74) is 7.94. The van der Waals surface area contributed by atoms with Crippen LogP contribution in [0.1, 0.15) is 30.6 Å². The molecule has 1 atom stereocenters. The van der Waals surface area contributed by atoms with Crippen LogP contribution in [0.15, 0.2) is 18.3 Å². The van der Waals surface area contributed by atoms with Gasteiger partial charge in [-0.3, -0.25) is 4.98 Å². The predicted molar refractivity (Wildman–Crippen MR) is 46.2 cm³/mol. The van der Waals surface area contributed by atoms with Crippen LogP contribution >= 0.6 is 0 Å². The van der Waals surface area contributed by atoms with Gasteiger partial charge in [0.2, 0.25) is 0 Å². The van der Waals surface area contributed by atoms with Crippen molar-refractivity contribution in [2.75, 3.05) is 0 Å². The van der Waals surface area contributed by atoms with Crippen LogP contribution in [0.4, 0.5) is 0 Å². The van der Waals surface area contributed by atoms with Crippen molar-refractivity contribution >= 4 is 0 Å². The molecule has 2 nitrogen and oxygen atoms in total. The molecule has 2 N–H and O–H groups in total. The molecule has 2 heteroatoms. The van der Waals surface area contributed by atoms with E-state index in [9.17, 15) is 0 Å². The van der Waals surface area contributed by atoms with Crippen LogP contribution in [0.25, 0.3) is 0 Å². The number of hydrogen-bond acceptors (Lipinski definition) is 2. The van der Waals surface area contributed by atoms with Gasteiger partial charge < -0.3 is 5.73 Å². The second-order valence-electron chi connectivity index (χ2n) is 2.78. The molecule has 1 aromatic rings. The van der Waals surface area contributed by atoms with E-state index in [1.807, 2.05) is 25.3 Å². The number of pyridine rings is 1. The van der Waals surface area contributed by atoms with E-state index < -0.39 is 0 Å². The van der Waals surface area contributed by atoms with Gasteiger partial charge in [-0.15, -0.1) is 0 Å². The van der Waals surface area contributed by atoms with Crippen LogP contribution in [-0.4, -0.2) is 4.98 Å². The average molecular weight is 150 g/mol. The molecule has 1 rings (SSSR count). The van der Waals surface area contributed by atoms with Crippen LogP contribution in [-0.2, 0) is 0 Å². The summed E-state index contributed by atoms with van der Waals surface area (Å²) in [5, 5.41) is 0. The maximum Gasteiger partial charge on any atom is 0.0571 e. The Kier molecular flexibility index (Phi) is 2.60. The summed E-state index contributed by atoms with van der Waals surface area (Å²) in [4.78, 5) is 4.22. The largest absolute Gasteiger partial charge is 0.323 e. The summed E-state index contributed by atoms with van der Waals surface area (Å²) in [7, 11) is 0. The molecule has 0 saturated heterocycles. The Morgan fingerprint density at radius 2 is 2.27 bits per heavy atom. The van der Waals surface area contributed by atoms with E-state index in [1.54, 1.807) is 0 Å². The molecule has 0 aliphatic heterocycles. The molecular formula is C9H14N2. The highest BCUT2D eigenvalue weighted by atomic mass is 14.8. The van der Waals surface area contributed by atoms with Crippen LogP contribution < -0.4 is 5.73 Å². The van der Waals surface area contributed by atoms with E-state index >= 15 is 0 Å². The molecule has 0 fully saturated rings. The quantitative estimate of drug-likeness (QED) is 0.698. The second kappa shape index (κ2) is 3.49. The zero-order valence-electron chi connectivity index (χ0n) is 7.04. The van der Waals surface area contributed by atoms with E-state index in [0.717, 1.165) is 12.1 Å². The molecular weight excluding hydrogens is 136 g/mol. The Balaban J connectivity index is 2.81. The zero-order chi connectivity index (χ0) is 8.27. The Morgan fingerprint density at radius 3 is 2.73 bits per heavy atom. The third kappa shape index (κ3) is 2.02. The van der Waals surface area contributed by atoms with Gasteiger partial charge in [0, 0.05) is 12.2 Å². The number of nitrogens with two attached hydrogens (primary N) is 1. The lowest BCUT2D eigenvalue weighted by Crippen LogP contribution is -2.10. The highest BCUT2D eigenvalue weighted by Crippen LogP contribution is 2.10. The van der Waals surface area contributed by atoms with Crippen LogP contribution in [0.2, 0.25) is 0 Å². The standard InChI is InChI=1S/C9H14N2/c1-3-8(10)9-5-4-7(2)6-11-9/h4-6,8H,3,10H2,1-2H3/t8-/m1/s1. The highest BCUT2D eigenvalue weighted by molar-refractivity contribution is 5.14. The number of aryl methyl sites for hydroxylation is 1. The summed E-state index contributed by atoms with van der Waals surface area (Å²) in [5.74, 6) is 0. The Morgan fingerprint density at radius 1 is 1.55 bits per heavy atom. The van der Waals surface area contributed by atoms with E-state index in [4.69, 9.17) is 5.73 Å². The van der Waals surface area contributed by atoms with Crippen LogP contribution in [0.3, 0.4) is 0 Å². The van der Waals surface area contributed by atoms with Gasteiger partial charge in [0.05, 0.1) is 5.69 Å². The van der Waals surface area contributed by atoms with E-state index in [0.29, 0.717) is 0 Å². The van der Waals surface area contributed by atoms with Crippen LogP contribution in [0, 0.1) is 6.92 Å². The lowest BCUT2D eigenvalue weighted by atomic mass is 10.1. The summed E-state index contributed by atoms with van der Waals surface area (Å²) in [6.07, 6.45) is 2.79. The molecule has 60 valence electrons. The van der Waals surface area contributed by atoms with Crippen molar-refractivity contribution in [2.45, 2.75) is 26.3 Å². The van der Waals surface area contributed by atoms with Gasteiger partial charge in [-0.1, -0.05) is 13.0 Å². The van der Waals surface area contributed by atoms with Gasteiger partial charge in [-0.05, 0) is 25.0 Å². The van der Waals surface area contributed by atoms with Crippen LogP contribution in [0.5, 0.6) is 0 Å². The maximum atomic E-state index is 5.78. The summed E-state index contributed by atoms with van der Waals surface area (Å²) in [6, 6.07) is 4.12. The average Bonchev–Trinajstić information content (AvgIpc) is 2.05. The summed E-state index contributed by atoms with van der Waals surface area (Å²) < 4.78 is 0. The topological polar surface area (TPSA) is 38.9 Å². The SMILES string of the molecule is CC[C@@H](N)c1ccc(C)cn1. The lowest BCUT2D eigenvalue weighted by molar-refractivity contribution is 0.675. The van der Waals surface area contributed by atoms with Crippen molar-refractivity contribution in [2.24, 2.45) is 5.73 Å². The monoisotopic (exact) mass is 150 g/mol. The summed E-state index contributed by atoms with van der Waals surface area (Å²) in [6.45, 7) is 4.08. The molecule has 0 aliphatic rings. The first-order chi connectivity index (χ1) is 5.24. The predicted octanol–water partition coefficient (Wildman–Crippen LogP) is 1.80. The minimum Gasteiger partial charge on any atom is -0.323 e. The van der Waals surface area contributed by atoms with Gasteiger partial charge in [0.25, 0.3) is 0 Å². The molecule has 0 aromatic carbocycles. The molecule has 0 unspecified atom stereocenters. The molecule has 0 amide bonds. The molecule has 1 aromatic heterocycles. The van der Waals surface area contributed by atoms with Gasteiger partial charge in [-0.2, -0.15) is 0 Å². The first-order valence-corrected chi connectivity index (χ1v) is 3.92. The smallest absolute Gasteiger partial charge is 0.0571 e. The number of rotatable bonds is 2. The van der Waals surface area contributed by atoms with Crippen molar-refractivity contribution in [3.8, 4) is 0 Å². The minimum absolute atomic E-state index is 0.0931. The van der Waals surface area contributed by atoms with Gasteiger partial charge in [-0.25, -0.2) is 0 Å². The number of nitrogens with zero attached hydrogens (tertiary/aromatic N) is 1. The number of aromatic nitrogens is 1. The van der Waals surface area contributed by atoms with Crippen molar-refractivity contribution in [3.63, 3.8) is 0 Å². The van der Waals surface area contributed by atoms with E-state index in [1.165, 1.54) is 5.56 Å². The second-order valence-corrected chi connectivity index (χ2v) is 2.78. The molecule has 0 aliphatic carbocycles. The van der Waals surface area contributed by atoms with Crippen molar-refractivity contribution in [1.29, 1.82) is 0 Å². The minimum atomic E-state index is 0.0931. The maximum absolute atomic E-state index is 5.78. The normalized spacial score (nSPS) is 13.0. The molecule has 11 heavy (non-hydrogen) atoms. The van der Waals surface area contributed by atoms with E-state index in [-0.39, 0.29) is 6.04 Å². The van der Waals surface area contributed by atoms with Crippen molar-refractivity contribution in [3.05, 3.63) is 29.6 Å².